The Morgan fingerprint density at radius 2 is 2.07 bits per heavy atom. The number of terminal acetylenes is 1. The molecular formula is C21H16Cl2N2O3. The fourth-order valence-electron chi connectivity index (χ4n) is 2.27. The maximum Gasteiger partial charge on any atom is 0.266 e. The van der Waals surface area contributed by atoms with Crippen LogP contribution >= 0.6 is 23.2 Å². The number of ether oxygens (including phenoxy) is 2. The summed E-state index contributed by atoms with van der Waals surface area (Å²) in [6.07, 6.45) is 6.62. The van der Waals surface area contributed by atoms with Crippen molar-refractivity contribution in [1.82, 2.24) is 0 Å². The number of nitriles is 1. The third-order valence-corrected chi connectivity index (χ3v) is 3.91. The van der Waals surface area contributed by atoms with Gasteiger partial charge in [-0.2, -0.15) is 5.26 Å². The summed E-state index contributed by atoms with van der Waals surface area (Å²) in [7, 11) is 0. The van der Waals surface area contributed by atoms with Gasteiger partial charge in [0.1, 0.15) is 18.2 Å². The van der Waals surface area contributed by atoms with Gasteiger partial charge in [0, 0.05) is 10.7 Å². The van der Waals surface area contributed by atoms with E-state index in [1.807, 2.05) is 6.07 Å². The second kappa shape index (κ2) is 10.3. The molecule has 0 aliphatic carbocycles. The van der Waals surface area contributed by atoms with Gasteiger partial charge in [0.05, 0.1) is 11.6 Å². The predicted molar refractivity (Wildman–Crippen MR) is 111 cm³/mol. The zero-order valence-electron chi connectivity index (χ0n) is 15.0. The van der Waals surface area contributed by atoms with E-state index >= 15 is 0 Å². The minimum atomic E-state index is -0.577. The molecule has 0 aliphatic rings. The number of hydrogen-bond donors (Lipinski definition) is 1. The summed E-state index contributed by atoms with van der Waals surface area (Å²) in [5.41, 5.74) is 0.861. The Kier molecular flexibility index (Phi) is 7.77. The summed E-state index contributed by atoms with van der Waals surface area (Å²) < 4.78 is 11.0. The highest BCUT2D eigenvalue weighted by atomic mass is 35.5. The Balaban J connectivity index is 2.33. The van der Waals surface area contributed by atoms with Crippen LogP contribution in [-0.4, -0.2) is 19.1 Å². The van der Waals surface area contributed by atoms with Crippen LogP contribution in [0.2, 0.25) is 10.0 Å². The minimum Gasteiger partial charge on any atom is -0.490 e. The minimum absolute atomic E-state index is 0.0282. The van der Waals surface area contributed by atoms with E-state index in [0.717, 1.165) is 0 Å². The molecule has 1 N–H and O–H groups in total. The van der Waals surface area contributed by atoms with Crippen molar-refractivity contribution in [3.8, 4) is 29.9 Å². The molecule has 0 aromatic heterocycles. The van der Waals surface area contributed by atoms with Crippen LogP contribution in [0.4, 0.5) is 5.69 Å². The molecule has 0 radical (unpaired) electrons. The van der Waals surface area contributed by atoms with E-state index in [1.54, 1.807) is 43.3 Å². The molecular weight excluding hydrogens is 399 g/mol. The van der Waals surface area contributed by atoms with Crippen LogP contribution < -0.4 is 14.8 Å². The van der Waals surface area contributed by atoms with Crippen molar-refractivity contribution in [1.29, 1.82) is 5.26 Å². The topological polar surface area (TPSA) is 71.3 Å². The molecule has 0 atom stereocenters. The summed E-state index contributed by atoms with van der Waals surface area (Å²) in [6.45, 7) is 2.21. The van der Waals surface area contributed by atoms with E-state index in [1.165, 1.54) is 6.08 Å². The first-order valence-corrected chi connectivity index (χ1v) is 8.95. The molecule has 0 saturated heterocycles. The first kappa shape index (κ1) is 21.2. The standard InChI is InChI=1S/C21H16Cl2N2O3/c1-3-8-28-20-18(23)10-14(11-19(20)27-4-2)9-15(13-24)21(26)25-17-7-5-6-16(22)12-17/h1,5-7,9-12H,4,8H2,2H3,(H,25,26)/b15-9+. The zero-order valence-corrected chi connectivity index (χ0v) is 16.5. The van der Waals surface area contributed by atoms with Gasteiger partial charge in [-0.3, -0.25) is 4.79 Å². The van der Waals surface area contributed by atoms with Gasteiger partial charge >= 0.3 is 0 Å². The Hall–Kier alpha value is -3.12. The molecule has 2 rings (SSSR count). The van der Waals surface area contributed by atoms with E-state index in [4.69, 9.17) is 39.1 Å². The molecule has 0 heterocycles. The highest BCUT2D eigenvalue weighted by Gasteiger charge is 2.14. The van der Waals surface area contributed by atoms with Crippen LogP contribution in [0.3, 0.4) is 0 Å². The van der Waals surface area contributed by atoms with Gasteiger partial charge in [0.25, 0.3) is 5.91 Å². The van der Waals surface area contributed by atoms with Gasteiger partial charge in [-0.1, -0.05) is 35.2 Å². The molecule has 0 saturated carbocycles. The molecule has 0 bridgehead atoms. The average molecular weight is 415 g/mol. The third-order valence-electron chi connectivity index (χ3n) is 3.39. The molecule has 0 spiro atoms. The average Bonchev–Trinajstić information content (AvgIpc) is 2.65. The van der Waals surface area contributed by atoms with E-state index in [2.05, 4.69) is 11.2 Å². The van der Waals surface area contributed by atoms with E-state index in [9.17, 15) is 10.1 Å². The molecule has 0 fully saturated rings. The lowest BCUT2D eigenvalue weighted by Crippen LogP contribution is -2.13. The molecule has 0 unspecified atom stereocenters. The first-order chi connectivity index (χ1) is 13.5. The van der Waals surface area contributed by atoms with Crippen LogP contribution in [-0.2, 0) is 4.79 Å². The maximum absolute atomic E-state index is 12.4. The number of halogens is 2. The second-order valence-electron chi connectivity index (χ2n) is 5.39. The van der Waals surface area contributed by atoms with Gasteiger partial charge in [0.2, 0.25) is 0 Å². The summed E-state index contributed by atoms with van der Waals surface area (Å²) in [4.78, 5) is 12.4. The van der Waals surface area contributed by atoms with Crippen LogP contribution in [0, 0.1) is 23.7 Å². The first-order valence-electron chi connectivity index (χ1n) is 8.19. The number of anilines is 1. The summed E-state index contributed by atoms with van der Waals surface area (Å²) in [5, 5.41) is 12.7. The summed E-state index contributed by atoms with van der Waals surface area (Å²) in [5.74, 6) is 2.45. The van der Waals surface area contributed by atoms with Crippen molar-refractivity contribution < 1.29 is 14.3 Å². The number of amides is 1. The molecule has 0 aliphatic heterocycles. The Morgan fingerprint density at radius 1 is 1.29 bits per heavy atom. The Bertz CT molecular complexity index is 988. The normalized spacial score (nSPS) is 10.5. The molecule has 5 nitrogen and oxygen atoms in total. The fraction of sp³-hybridized carbons (Fsp3) is 0.143. The van der Waals surface area contributed by atoms with Crippen molar-refractivity contribution in [2.75, 3.05) is 18.5 Å². The third kappa shape index (κ3) is 5.69. The van der Waals surface area contributed by atoms with Crippen LogP contribution in [0.1, 0.15) is 12.5 Å². The number of benzene rings is 2. The van der Waals surface area contributed by atoms with Gasteiger partial charge in [-0.05, 0) is 48.9 Å². The number of hydrogen-bond acceptors (Lipinski definition) is 4. The van der Waals surface area contributed by atoms with Crippen molar-refractivity contribution in [3.63, 3.8) is 0 Å². The number of carbonyl (C=O) groups is 1. The lowest BCUT2D eigenvalue weighted by molar-refractivity contribution is -0.112. The Labute approximate surface area is 173 Å². The lowest BCUT2D eigenvalue weighted by Gasteiger charge is -2.13. The summed E-state index contributed by atoms with van der Waals surface area (Å²) >= 11 is 12.2. The predicted octanol–water partition coefficient (Wildman–Crippen LogP) is 4.95. The van der Waals surface area contributed by atoms with Gasteiger partial charge in [0.15, 0.2) is 11.5 Å². The van der Waals surface area contributed by atoms with E-state index < -0.39 is 5.91 Å². The quantitative estimate of drug-likeness (QED) is 0.395. The number of rotatable bonds is 7. The largest absolute Gasteiger partial charge is 0.490 e. The molecule has 7 heteroatoms. The zero-order chi connectivity index (χ0) is 20.5. The van der Waals surface area contributed by atoms with Crippen molar-refractivity contribution in [2.24, 2.45) is 0 Å². The maximum atomic E-state index is 12.4. The highest BCUT2D eigenvalue weighted by Crippen LogP contribution is 2.37. The van der Waals surface area contributed by atoms with Crippen molar-refractivity contribution >= 4 is 40.9 Å². The van der Waals surface area contributed by atoms with Crippen LogP contribution in [0.5, 0.6) is 11.5 Å². The van der Waals surface area contributed by atoms with E-state index in [-0.39, 0.29) is 17.2 Å². The van der Waals surface area contributed by atoms with Gasteiger partial charge in [-0.15, -0.1) is 6.42 Å². The van der Waals surface area contributed by atoms with Crippen molar-refractivity contribution in [2.45, 2.75) is 6.92 Å². The van der Waals surface area contributed by atoms with Gasteiger partial charge in [-0.25, -0.2) is 0 Å². The number of carbonyl (C=O) groups excluding carboxylic acids is 1. The molecule has 142 valence electrons. The second-order valence-corrected chi connectivity index (χ2v) is 6.23. The lowest BCUT2D eigenvalue weighted by atomic mass is 10.1. The monoisotopic (exact) mass is 414 g/mol. The number of nitrogens with zero attached hydrogens (tertiary/aromatic N) is 1. The molecule has 1 amide bonds. The van der Waals surface area contributed by atoms with Crippen LogP contribution in [0.25, 0.3) is 6.08 Å². The number of nitrogens with one attached hydrogen (secondary N) is 1. The van der Waals surface area contributed by atoms with Gasteiger partial charge < -0.3 is 14.8 Å². The smallest absolute Gasteiger partial charge is 0.266 e. The molecule has 2 aromatic carbocycles. The summed E-state index contributed by atoms with van der Waals surface area (Å²) in [6, 6.07) is 11.7. The fourth-order valence-corrected chi connectivity index (χ4v) is 2.73. The molecule has 28 heavy (non-hydrogen) atoms. The van der Waals surface area contributed by atoms with Crippen LogP contribution in [0.15, 0.2) is 42.0 Å². The van der Waals surface area contributed by atoms with Crippen molar-refractivity contribution in [3.05, 3.63) is 57.6 Å². The highest BCUT2D eigenvalue weighted by molar-refractivity contribution is 6.32. The Morgan fingerprint density at radius 3 is 2.71 bits per heavy atom. The SMILES string of the molecule is C#CCOc1c(Cl)cc(/C=C(\C#N)C(=O)Nc2cccc(Cl)c2)cc1OCC. The van der Waals surface area contributed by atoms with E-state index in [0.29, 0.717) is 34.4 Å². The molecule has 2 aromatic rings.